The first-order chi connectivity index (χ1) is 12.9. The number of carbonyl (C=O) groups is 2. The molecule has 2 bridgehead atoms. The van der Waals surface area contributed by atoms with Gasteiger partial charge < -0.3 is 19.3 Å². The summed E-state index contributed by atoms with van der Waals surface area (Å²) in [5.74, 6) is -0.890. The standard InChI is InChI=1S/C22H32O6/c1-14-16-7-12-22(5,28-19(14)24)17(26-15(2)23)8-11-20(3,25)9-6-10-21(4)18(13-16)27-21/h6,9,16-18,25H,1,7-8,10-13H2,2-5H3/b9-6+/t16-,17+,18+,20+,21+,22-/m1/s1. The number of ether oxygens (including phenoxy) is 3. The molecule has 3 rings (SSSR count). The highest BCUT2D eigenvalue weighted by Crippen LogP contribution is 2.47. The van der Waals surface area contributed by atoms with Crippen LogP contribution in [0.4, 0.5) is 0 Å². The van der Waals surface area contributed by atoms with Gasteiger partial charge in [-0.05, 0) is 65.2 Å². The molecule has 6 heteroatoms. The molecule has 2 fully saturated rings. The molecule has 0 aromatic heterocycles. The fourth-order valence-corrected chi connectivity index (χ4v) is 4.39. The van der Waals surface area contributed by atoms with E-state index in [0.29, 0.717) is 44.1 Å². The lowest BCUT2D eigenvalue weighted by atomic mass is 9.82. The van der Waals surface area contributed by atoms with Crippen LogP contribution in [-0.2, 0) is 23.8 Å². The number of epoxide rings is 1. The molecule has 6 atom stereocenters. The highest BCUT2D eigenvalue weighted by atomic mass is 16.6. The minimum absolute atomic E-state index is 0.0193. The zero-order chi connectivity index (χ0) is 20.7. The molecule has 2 saturated heterocycles. The van der Waals surface area contributed by atoms with Gasteiger partial charge in [0.1, 0.15) is 11.7 Å². The van der Waals surface area contributed by atoms with Crippen LogP contribution in [0.2, 0.25) is 0 Å². The predicted octanol–water partition coefficient (Wildman–Crippen LogP) is 3.22. The van der Waals surface area contributed by atoms with Crippen molar-refractivity contribution in [3.63, 3.8) is 0 Å². The molecular formula is C22H32O6. The topological polar surface area (TPSA) is 85.4 Å². The number of esters is 2. The maximum Gasteiger partial charge on any atom is 0.334 e. The highest BCUT2D eigenvalue weighted by Gasteiger charge is 2.53. The lowest BCUT2D eigenvalue weighted by Crippen LogP contribution is -2.46. The third-order valence-electron chi connectivity index (χ3n) is 6.51. The fourth-order valence-electron chi connectivity index (χ4n) is 4.39. The molecule has 156 valence electrons. The van der Waals surface area contributed by atoms with Crippen molar-refractivity contribution in [2.75, 3.05) is 0 Å². The summed E-state index contributed by atoms with van der Waals surface area (Å²) in [5, 5.41) is 10.7. The zero-order valence-electron chi connectivity index (χ0n) is 17.3. The van der Waals surface area contributed by atoms with Gasteiger partial charge in [0, 0.05) is 12.5 Å². The van der Waals surface area contributed by atoms with E-state index in [-0.39, 0.29) is 17.6 Å². The van der Waals surface area contributed by atoms with Crippen LogP contribution in [-0.4, -0.2) is 46.1 Å². The van der Waals surface area contributed by atoms with Crippen molar-refractivity contribution in [2.24, 2.45) is 5.92 Å². The summed E-state index contributed by atoms with van der Waals surface area (Å²) in [6.07, 6.45) is 6.59. The molecule has 0 unspecified atom stereocenters. The first-order valence-electron chi connectivity index (χ1n) is 10.1. The Balaban J connectivity index is 1.93. The van der Waals surface area contributed by atoms with Crippen LogP contribution in [0.1, 0.15) is 66.2 Å². The predicted molar refractivity (Wildman–Crippen MR) is 103 cm³/mol. The number of fused-ring (bicyclic) bond motifs is 4. The summed E-state index contributed by atoms with van der Waals surface area (Å²) in [6, 6.07) is 0. The second-order valence-electron chi connectivity index (χ2n) is 9.22. The number of rotatable bonds is 1. The monoisotopic (exact) mass is 392 g/mol. The smallest absolute Gasteiger partial charge is 0.334 e. The SMILES string of the molecule is C=C1C(=O)O[C@]2(C)CC[C@@H]1C[C@@H]1O[C@@]1(C)C/C=C/[C@](C)(O)CC[C@@H]2OC(C)=O. The Kier molecular flexibility index (Phi) is 5.49. The molecule has 0 spiro atoms. The van der Waals surface area contributed by atoms with Gasteiger partial charge in [-0.2, -0.15) is 0 Å². The van der Waals surface area contributed by atoms with Gasteiger partial charge in [-0.25, -0.2) is 4.79 Å². The largest absolute Gasteiger partial charge is 0.458 e. The van der Waals surface area contributed by atoms with Crippen LogP contribution in [0, 0.1) is 5.92 Å². The van der Waals surface area contributed by atoms with Crippen molar-refractivity contribution < 1.29 is 28.9 Å². The summed E-state index contributed by atoms with van der Waals surface area (Å²) < 4.78 is 17.3. The van der Waals surface area contributed by atoms with Crippen LogP contribution in [0.3, 0.4) is 0 Å². The summed E-state index contributed by atoms with van der Waals surface area (Å²) in [7, 11) is 0. The van der Waals surface area contributed by atoms with Gasteiger partial charge >= 0.3 is 11.9 Å². The summed E-state index contributed by atoms with van der Waals surface area (Å²) in [4.78, 5) is 24.4. The van der Waals surface area contributed by atoms with E-state index in [9.17, 15) is 14.7 Å². The van der Waals surface area contributed by atoms with Crippen LogP contribution in [0.25, 0.3) is 0 Å². The second-order valence-corrected chi connectivity index (χ2v) is 9.22. The quantitative estimate of drug-likeness (QED) is 0.319. The van der Waals surface area contributed by atoms with E-state index in [0.717, 1.165) is 0 Å². The molecule has 1 aliphatic carbocycles. The molecule has 0 radical (unpaired) electrons. The van der Waals surface area contributed by atoms with Gasteiger partial charge in [-0.15, -0.1) is 0 Å². The Hall–Kier alpha value is -1.66. The van der Waals surface area contributed by atoms with E-state index in [4.69, 9.17) is 14.2 Å². The number of hydrogen-bond acceptors (Lipinski definition) is 6. The lowest BCUT2D eigenvalue weighted by Gasteiger charge is -2.36. The van der Waals surface area contributed by atoms with Crippen LogP contribution in [0.15, 0.2) is 24.3 Å². The molecule has 0 aromatic rings. The third-order valence-corrected chi connectivity index (χ3v) is 6.51. The minimum Gasteiger partial charge on any atom is -0.458 e. The molecular weight excluding hydrogens is 360 g/mol. The molecule has 2 aliphatic heterocycles. The van der Waals surface area contributed by atoms with Gasteiger partial charge in [-0.3, -0.25) is 4.79 Å². The average Bonchev–Trinajstić information content (AvgIpc) is 3.24. The molecule has 2 heterocycles. The van der Waals surface area contributed by atoms with Gasteiger partial charge in [0.05, 0.1) is 17.3 Å². The Labute approximate surface area is 166 Å². The molecule has 0 aromatic carbocycles. The fraction of sp³-hybridized carbons (Fsp3) is 0.727. The highest BCUT2D eigenvalue weighted by molar-refractivity contribution is 5.89. The van der Waals surface area contributed by atoms with E-state index in [1.165, 1.54) is 6.92 Å². The summed E-state index contributed by atoms with van der Waals surface area (Å²) >= 11 is 0. The number of carbonyl (C=O) groups excluding carboxylic acids is 2. The van der Waals surface area contributed by atoms with E-state index in [1.54, 1.807) is 13.0 Å². The Morgan fingerprint density at radius 3 is 2.64 bits per heavy atom. The second kappa shape index (κ2) is 7.30. The molecule has 6 nitrogen and oxygen atoms in total. The molecule has 3 aliphatic rings. The minimum atomic E-state index is -1.06. The maximum absolute atomic E-state index is 12.7. The van der Waals surface area contributed by atoms with Crippen molar-refractivity contribution in [1.29, 1.82) is 0 Å². The van der Waals surface area contributed by atoms with E-state index in [2.05, 4.69) is 13.5 Å². The van der Waals surface area contributed by atoms with Gasteiger partial charge in [0.15, 0.2) is 0 Å². The first kappa shape index (κ1) is 21.1. The summed E-state index contributed by atoms with van der Waals surface area (Å²) in [6.45, 7) is 10.9. The molecule has 1 N–H and O–H groups in total. The zero-order valence-corrected chi connectivity index (χ0v) is 17.3. The van der Waals surface area contributed by atoms with E-state index >= 15 is 0 Å². The number of aliphatic hydroxyl groups is 1. The van der Waals surface area contributed by atoms with Crippen molar-refractivity contribution in [1.82, 2.24) is 0 Å². The van der Waals surface area contributed by atoms with Gasteiger partial charge in [-0.1, -0.05) is 18.7 Å². The number of hydrogen-bond donors (Lipinski definition) is 1. The normalized spacial score (nSPS) is 45.2. The Bertz CT molecular complexity index is 695. The Morgan fingerprint density at radius 2 is 1.96 bits per heavy atom. The van der Waals surface area contributed by atoms with E-state index < -0.39 is 29.2 Å². The summed E-state index contributed by atoms with van der Waals surface area (Å²) in [5.41, 5.74) is -1.82. The maximum atomic E-state index is 12.7. The average molecular weight is 392 g/mol. The molecule has 0 saturated carbocycles. The molecule has 28 heavy (non-hydrogen) atoms. The van der Waals surface area contributed by atoms with Crippen molar-refractivity contribution in [2.45, 2.75) is 95.2 Å². The van der Waals surface area contributed by atoms with Gasteiger partial charge in [0.2, 0.25) is 0 Å². The Morgan fingerprint density at radius 1 is 1.25 bits per heavy atom. The van der Waals surface area contributed by atoms with E-state index in [1.807, 2.05) is 13.0 Å². The third kappa shape index (κ3) is 4.49. The van der Waals surface area contributed by atoms with Gasteiger partial charge in [0.25, 0.3) is 0 Å². The van der Waals surface area contributed by atoms with Crippen molar-refractivity contribution >= 4 is 11.9 Å². The van der Waals surface area contributed by atoms with Crippen molar-refractivity contribution in [3.05, 3.63) is 24.3 Å². The van der Waals surface area contributed by atoms with Crippen LogP contribution >= 0.6 is 0 Å². The van der Waals surface area contributed by atoms with Crippen molar-refractivity contribution in [3.8, 4) is 0 Å². The molecule has 0 amide bonds. The lowest BCUT2D eigenvalue weighted by molar-refractivity contribution is -0.181. The van der Waals surface area contributed by atoms with Crippen LogP contribution in [0.5, 0.6) is 0 Å². The first-order valence-corrected chi connectivity index (χ1v) is 10.1. The van der Waals surface area contributed by atoms with Crippen LogP contribution < -0.4 is 0 Å².